The lowest BCUT2D eigenvalue weighted by atomic mass is 10.3. The molecule has 7 N–H and O–H groups in total. The summed E-state index contributed by atoms with van der Waals surface area (Å²) in [5.74, 6) is 7.01. The Bertz CT molecular complexity index is 305. The van der Waals surface area contributed by atoms with Crippen LogP contribution in [0, 0.1) is 0 Å². The first kappa shape index (κ1) is 16.4. The van der Waals surface area contributed by atoms with Gasteiger partial charge < -0.3 is 5.11 Å². The molecule has 1 fully saturated rings. The van der Waals surface area contributed by atoms with Gasteiger partial charge >= 0.3 is 0 Å². The molecule has 0 aliphatic carbocycles. The fourth-order valence-corrected chi connectivity index (χ4v) is 0.540. The van der Waals surface area contributed by atoms with Crippen molar-refractivity contribution in [1.29, 1.82) is 0 Å². The van der Waals surface area contributed by atoms with E-state index in [4.69, 9.17) is 9.66 Å². The Kier molecular flexibility index (Phi) is 7.91. The van der Waals surface area contributed by atoms with Crippen molar-refractivity contribution in [1.82, 2.24) is 5.32 Å². The zero-order valence-corrected chi connectivity index (χ0v) is 8.69. The molecule has 0 bridgehead atoms. The first-order valence-corrected chi connectivity index (χ1v) is 5.32. The van der Waals surface area contributed by atoms with Gasteiger partial charge in [-0.2, -0.15) is 8.42 Å². The molecule has 9 nitrogen and oxygen atoms in total. The number of aliphatic hydroxyl groups excluding tert-OH is 1. The van der Waals surface area contributed by atoms with Crippen molar-refractivity contribution < 1.29 is 27.7 Å². The summed E-state index contributed by atoms with van der Waals surface area (Å²) in [7, 11) is -3.67. The molecule has 1 aliphatic rings. The van der Waals surface area contributed by atoms with Crippen LogP contribution in [0.2, 0.25) is 0 Å². The van der Waals surface area contributed by atoms with Crippen LogP contribution >= 0.6 is 0 Å². The average molecular weight is 243 g/mol. The van der Waals surface area contributed by atoms with Crippen LogP contribution in [0.4, 0.5) is 0 Å². The predicted octanol–water partition coefficient (Wildman–Crippen LogP) is -3.28. The van der Waals surface area contributed by atoms with Gasteiger partial charge in [-0.05, 0) is 0 Å². The number of rotatable bonds is 0. The Morgan fingerprint density at radius 3 is 1.80 bits per heavy atom. The highest BCUT2D eigenvalue weighted by Gasteiger charge is 2.27. The van der Waals surface area contributed by atoms with Crippen molar-refractivity contribution in [2.24, 2.45) is 11.7 Å². The third-order valence-electron chi connectivity index (χ3n) is 0.944. The maximum atomic E-state index is 10.2. The van der Waals surface area contributed by atoms with Gasteiger partial charge in [0.05, 0.1) is 12.7 Å². The molecular weight excluding hydrogens is 230 g/mol. The van der Waals surface area contributed by atoms with Gasteiger partial charge in [0.1, 0.15) is 6.10 Å². The van der Waals surface area contributed by atoms with Crippen molar-refractivity contribution in [2.75, 3.05) is 6.26 Å². The minimum Gasteiger partial charge on any atom is -0.383 e. The Balaban J connectivity index is 0. The van der Waals surface area contributed by atoms with Gasteiger partial charge in [0.2, 0.25) is 5.91 Å². The van der Waals surface area contributed by atoms with E-state index >= 15 is 0 Å². The van der Waals surface area contributed by atoms with E-state index in [0.717, 1.165) is 0 Å². The number of hydrazine groups is 1. The van der Waals surface area contributed by atoms with E-state index in [1.165, 1.54) is 0 Å². The Morgan fingerprint density at radius 2 is 1.73 bits per heavy atom. The highest BCUT2D eigenvalue weighted by molar-refractivity contribution is 7.85. The molecule has 0 saturated carbocycles. The average Bonchev–Trinajstić information content (AvgIpc) is 2.30. The van der Waals surface area contributed by atoms with Gasteiger partial charge in [-0.3, -0.25) is 31.1 Å². The molecule has 1 heterocycles. The summed E-state index contributed by atoms with van der Waals surface area (Å²) in [6.45, 7) is 0. The molecule has 1 aliphatic heterocycles. The van der Waals surface area contributed by atoms with Gasteiger partial charge in [-0.25, -0.2) is 0 Å². The molecule has 1 atom stereocenters. The fraction of sp³-hybridized carbons (Fsp3) is 0.600. The number of nitrogens with one attached hydrogen (secondary N) is 1. The van der Waals surface area contributed by atoms with Crippen LogP contribution in [-0.2, 0) is 19.7 Å². The Morgan fingerprint density at radius 1 is 1.40 bits per heavy atom. The summed E-state index contributed by atoms with van der Waals surface area (Å²) in [4.78, 5) is 20.4. The van der Waals surface area contributed by atoms with Gasteiger partial charge in [0, 0.05) is 0 Å². The van der Waals surface area contributed by atoms with Crippen LogP contribution < -0.4 is 17.0 Å². The largest absolute Gasteiger partial charge is 0.383 e. The summed E-state index contributed by atoms with van der Waals surface area (Å²) in [6.07, 6.45) is -0.478. The highest BCUT2D eigenvalue weighted by Crippen LogP contribution is 1.98. The number of carbonyl (C=O) groups is 2. The lowest BCUT2D eigenvalue weighted by Gasteiger charge is -1.88. The summed E-state index contributed by atoms with van der Waals surface area (Å²) in [6, 6.07) is 0. The molecular formula is C5H13N3O6S. The fourth-order valence-electron chi connectivity index (χ4n) is 0.540. The van der Waals surface area contributed by atoms with E-state index in [1.807, 2.05) is 5.32 Å². The molecule has 2 amide bonds. The Hall–Kier alpha value is -1.07. The smallest absolute Gasteiger partial charge is 0.261 e. The molecule has 1 saturated heterocycles. The zero-order chi connectivity index (χ0) is 12.6. The summed E-state index contributed by atoms with van der Waals surface area (Å²) >= 11 is 0. The number of imide groups is 1. The van der Waals surface area contributed by atoms with Gasteiger partial charge in [-0.15, -0.1) is 0 Å². The molecule has 0 aromatic carbocycles. The molecule has 0 spiro atoms. The molecule has 1 unspecified atom stereocenters. The molecule has 10 heteroatoms. The van der Waals surface area contributed by atoms with Crippen molar-refractivity contribution in [2.45, 2.75) is 12.5 Å². The van der Waals surface area contributed by atoms with E-state index < -0.39 is 28.0 Å². The van der Waals surface area contributed by atoms with Crippen molar-refractivity contribution in [3.8, 4) is 0 Å². The molecule has 0 radical (unpaired) electrons. The molecule has 0 aromatic heterocycles. The number of carbonyl (C=O) groups excluding carboxylic acids is 2. The number of hydrogen-bond donors (Lipinski definition) is 5. The summed E-state index contributed by atoms with van der Waals surface area (Å²) in [5, 5.41) is 10.5. The predicted molar refractivity (Wildman–Crippen MR) is 49.6 cm³/mol. The van der Waals surface area contributed by atoms with Gasteiger partial charge in [-0.1, -0.05) is 0 Å². The number of hydrogen-bond acceptors (Lipinski definition) is 7. The number of amides is 2. The van der Waals surface area contributed by atoms with Crippen molar-refractivity contribution in [3.63, 3.8) is 0 Å². The van der Waals surface area contributed by atoms with E-state index in [-0.39, 0.29) is 6.42 Å². The minimum absolute atomic E-state index is 0.0845. The van der Waals surface area contributed by atoms with E-state index in [1.54, 1.807) is 0 Å². The second kappa shape index (κ2) is 7.25. The third kappa shape index (κ3) is 12.9. The second-order valence-electron chi connectivity index (χ2n) is 2.37. The van der Waals surface area contributed by atoms with Gasteiger partial charge in [0.25, 0.3) is 16.0 Å². The standard InChI is InChI=1S/C4H5NO3.CH4O3S.H4N2/c6-2-1-3(7)5-4(2)8;1-5(2,3)4;1-2/h2,6H,1H2,(H,5,7,8);1H3,(H,2,3,4);1-2H2. The summed E-state index contributed by atoms with van der Waals surface area (Å²) < 4.78 is 25.9. The number of nitrogens with two attached hydrogens (primary N) is 2. The highest BCUT2D eigenvalue weighted by atomic mass is 32.2. The first-order valence-electron chi connectivity index (χ1n) is 3.47. The topological polar surface area (TPSA) is 173 Å². The second-order valence-corrected chi connectivity index (χ2v) is 3.83. The number of aliphatic hydroxyl groups is 1. The first-order chi connectivity index (χ1) is 6.70. The summed E-state index contributed by atoms with van der Waals surface area (Å²) in [5.41, 5.74) is 0. The van der Waals surface area contributed by atoms with E-state index in [9.17, 15) is 18.0 Å². The van der Waals surface area contributed by atoms with Crippen LogP contribution in [0.3, 0.4) is 0 Å². The van der Waals surface area contributed by atoms with Crippen LogP contribution in [0.1, 0.15) is 6.42 Å². The molecule has 15 heavy (non-hydrogen) atoms. The van der Waals surface area contributed by atoms with Crippen molar-refractivity contribution >= 4 is 21.9 Å². The monoisotopic (exact) mass is 243 g/mol. The van der Waals surface area contributed by atoms with Crippen LogP contribution in [-0.4, -0.2) is 42.3 Å². The SMILES string of the molecule is CS(=O)(=O)O.NN.O=C1CC(O)C(=O)N1. The molecule has 1 rings (SSSR count). The van der Waals surface area contributed by atoms with Crippen molar-refractivity contribution in [3.05, 3.63) is 0 Å². The minimum atomic E-state index is -3.67. The van der Waals surface area contributed by atoms with E-state index in [2.05, 4.69) is 11.7 Å². The van der Waals surface area contributed by atoms with E-state index in [0.29, 0.717) is 6.26 Å². The van der Waals surface area contributed by atoms with Crippen LogP contribution in [0.5, 0.6) is 0 Å². The van der Waals surface area contributed by atoms with Crippen LogP contribution in [0.15, 0.2) is 0 Å². The quantitative estimate of drug-likeness (QED) is 0.127. The third-order valence-corrected chi connectivity index (χ3v) is 0.944. The maximum absolute atomic E-state index is 10.2. The molecule has 90 valence electrons. The zero-order valence-electron chi connectivity index (χ0n) is 7.87. The lowest BCUT2D eigenvalue weighted by Crippen LogP contribution is -2.24. The lowest BCUT2D eigenvalue weighted by molar-refractivity contribution is -0.127. The molecule has 0 aromatic rings. The normalized spacial score (nSPS) is 19.4. The maximum Gasteiger partial charge on any atom is 0.261 e. The van der Waals surface area contributed by atoms with Crippen LogP contribution in [0.25, 0.3) is 0 Å². The Labute approximate surface area is 86.2 Å². The van der Waals surface area contributed by atoms with Gasteiger partial charge in [0.15, 0.2) is 0 Å².